The zero-order valence-corrected chi connectivity index (χ0v) is 33.9. The van der Waals surface area contributed by atoms with Crippen LogP contribution in [0.1, 0.15) is 25.0 Å². The standard InChI is InChI=1S/C57H40N4/c1-57(2)50-27-13-12-26-46(50)48-34-49-47(35-52(58-53(49)36-51(48)57)45-25-15-23-43(33-45)37-16-6-3-7-17-37)44-24-14-22-42(32-44)38-28-30-41(31-29-38)56-60-54(39-18-8-4-9-19-39)59-55(61-56)40-20-10-5-11-21-40/h3-36H,1-2H3. The molecular formula is C57H40N4. The van der Waals surface area contributed by atoms with Crippen LogP contribution in [-0.4, -0.2) is 19.9 Å². The van der Waals surface area contributed by atoms with Crippen LogP contribution in [0.2, 0.25) is 0 Å². The van der Waals surface area contributed by atoms with E-state index in [1.54, 1.807) is 0 Å². The van der Waals surface area contributed by atoms with Crippen LogP contribution in [0.25, 0.3) is 101 Å². The van der Waals surface area contributed by atoms with Gasteiger partial charge >= 0.3 is 0 Å². The summed E-state index contributed by atoms with van der Waals surface area (Å²) in [6.45, 7) is 4.66. The maximum absolute atomic E-state index is 5.43. The van der Waals surface area contributed by atoms with Gasteiger partial charge in [-0.3, -0.25) is 0 Å². The predicted molar refractivity (Wildman–Crippen MR) is 251 cm³/mol. The molecule has 0 amide bonds. The monoisotopic (exact) mass is 780 g/mol. The fourth-order valence-corrected chi connectivity index (χ4v) is 8.91. The van der Waals surface area contributed by atoms with E-state index in [1.165, 1.54) is 33.4 Å². The predicted octanol–water partition coefficient (Wildman–Crippen LogP) is 14.4. The molecule has 0 bridgehead atoms. The SMILES string of the molecule is CC1(C)c2ccccc2-c2cc3c(-c4cccc(-c5ccc(-c6nc(-c7ccccc7)nc(-c7ccccc7)n6)cc5)c4)cc(-c4cccc(-c5ccccc5)c4)nc3cc21. The Bertz CT molecular complexity index is 3190. The van der Waals surface area contributed by atoms with Crippen molar-refractivity contribution in [3.63, 3.8) is 0 Å². The van der Waals surface area contributed by atoms with Crippen molar-refractivity contribution in [2.45, 2.75) is 19.3 Å². The summed E-state index contributed by atoms with van der Waals surface area (Å²) in [6, 6.07) is 72.8. The fourth-order valence-electron chi connectivity index (χ4n) is 8.91. The van der Waals surface area contributed by atoms with Crippen LogP contribution in [0.5, 0.6) is 0 Å². The van der Waals surface area contributed by atoms with Crippen LogP contribution in [0.3, 0.4) is 0 Å². The first kappa shape index (κ1) is 36.3. The Morgan fingerprint density at radius 3 is 1.38 bits per heavy atom. The highest BCUT2D eigenvalue weighted by molar-refractivity contribution is 6.02. The summed E-state index contributed by atoms with van der Waals surface area (Å²) in [4.78, 5) is 20.2. The molecule has 8 aromatic carbocycles. The molecule has 10 aromatic rings. The number of benzene rings is 8. The lowest BCUT2D eigenvalue weighted by atomic mass is 9.82. The number of aromatic nitrogens is 4. The van der Waals surface area contributed by atoms with Gasteiger partial charge in [0.25, 0.3) is 0 Å². The fraction of sp³-hybridized carbons (Fsp3) is 0.0526. The molecule has 0 saturated carbocycles. The Morgan fingerprint density at radius 2 is 0.754 bits per heavy atom. The van der Waals surface area contributed by atoms with Crippen LogP contribution in [0, 0.1) is 0 Å². The summed E-state index contributed by atoms with van der Waals surface area (Å²) in [5, 5.41) is 1.14. The quantitative estimate of drug-likeness (QED) is 0.162. The Kier molecular flexibility index (Phi) is 8.79. The van der Waals surface area contributed by atoms with Crippen LogP contribution in [0.15, 0.2) is 206 Å². The molecule has 61 heavy (non-hydrogen) atoms. The van der Waals surface area contributed by atoms with Gasteiger partial charge in [-0.25, -0.2) is 19.9 Å². The second-order valence-corrected chi connectivity index (χ2v) is 16.3. The van der Waals surface area contributed by atoms with E-state index in [0.717, 1.165) is 61.1 Å². The van der Waals surface area contributed by atoms with E-state index in [-0.39, 0.29) is 5.41 Å². The van der Waals surface area contributed by atoms with Crippen molar-refractivity contribution in [3.8, 4) is 89.9 Å². The maximum atomic E-state index is 5.43. The van der Waals surface area contributed by atoms with Gasteiger partial charge in [-0.05, 0) is 86.0 Å². The summed E-state index contributed by atoms with van der Waals surface area (Å²) in [5.41, 5.74) is 17.9. The summed E-state index contributed by atoms with van der Waals surface area (Å²) in [6.07, 6.45) is 0. The van der Waals surface area contributed by atoms with Crippen molar-refractivity contribution in [1.82, 2.24) is 19.9 Å². The topological polar surface area (TPSA) is 51.6 Å². The molecule has 4 heteroatoms. The highest BCUT2D eigenvalue weighted by atomic mass is 15.0. The number of pyridine rings is 1. The molecule has 2 aromatic heterocycles. The normalized spacial score (nSPS) is 12.6. The highest BCUT2D eigenvalue weighted by Gasteiger charge is 2.36. The zero-order chi connectivity index (χ0) is 40.9. The van der Waals surface area contributed by atoms with Gasteiger partial charge in [0.15, 0.2) is 17.5 Å². The highest BCUT2D eigenvalue weighted by Crippen LogP contribution is 2.50. The van der Waals surface area contributed by atoms with E-state index in [1.807, 2.05) is 60.7 Å². The second kappa shape index (κ2) is 14.8. The molecule has 1 aliphatic rings. The molecule has 0 radical (unpaired) electrons. The molecule has 2 heterocycles. The van der Waals surface area contributed by atoms with Gasteiger partial charge in [-0.1, -0.05) is 190 Å². The van der Waals surface area contributed by atoms with Crippen LogP contribution in [0.4, 0.5) is 0 Å². The van der Waals surface area contributed by atoms with Crippen molar-refractivity contribution in [2.75, 3.05) is 0 Å². The van der Waals surface area contributed by atoms with Gasteiger partial charge in [0.2, 0.25) is 0 Å². The van der Waals surface area contributed by atoms with Gasteiger partial charge < -0.3 is 0 Å². The number of rotatable bonds is 7. The Morgan fingerprint density at radius 1 is 0.295 bits per heavy atom. The molecule has 0 spiro atoms. The second-order valence-electron chi connectivity index (χ2n) is 16.3. The van der Waals surface area contributed by atoms with Gasteiger partial charge in [-0.15, -0.1) is 0 Å². The van der Waals surface area contributed by atoms with Gasteiger partial charge in [0.05, 0.1) is 11.2 Å². The minimum Gasteiger partial charge on any atom is -0.248 e. The average molecular weight is 781 g/mol. The van der Waals surface area contributed by atoms with Crippen LogP contribution < -0.4 is 0 Å². The summed E-state index contributed by atoms with van der Waals surface area (Å²) in [7, 11) is 0. The third-order valence-corrected chi connectivity index (χ3v) is 12.1. The van der Waals surface area contributed by atoms with Crippen molar-refractivity contribution in [1.29, 1.82) is 0 Å². The summed E-state index contributed by atoms with van der Waals surface area (Å²) < 4.78 is 0. The number of hydrogen-bond acceptors (Lipinski definition) is 4. The lowest BCUT2D eigenvalue weighted by molar-refractivity contribution is 0.661. The molecule has 0 saturated heterocycles. The van der Waals surface area contributed by atoms with Gasteiger partial charge in [-0.2, -0.15) is 0 Å². The van der Waals surface area contributed by atoms with Crippen molar-refractivity contribution >= 4 is 10.9 Å². The summed E-state index contributed by atoms with van der Waals surface area (Å²) >= 11 is 0. The van der Waals surface area contributed by atoms with Crippen molar-refractivity contribution < 1.29 is 0 Å². The van der Waals surface area contributed by atoms with E-state index in [9.17, 15) is 0 Å². The third kappa shape index (κ3) is 6.59. The maximum Gasteiger partial charge on any atom is 0.164 e. The third-order valence-electron chi connectivity index (χ3n) is 12.1. The lowest BCUT2D eigenvalue weighted by Gasteiger charge is -2.22. The van der Waals surface area contributed by atoms with E-state index in [0.29, 0.717) is 17.5 Å². The molecule has 0 fully saturated rings. The Hall–Kier alpha value is -7.82. The lowest BCUT2D eigenvalue weighted by Crippen LogP contribution is -2.14. The van der Waals surface area contributed by atoms with Crippen LogP contribution in [-0.2, 0) is 5.41 Å². The number of hydrogen-bond donors (Lipinski definition) is 0. The van der Waals surface area contributed by atoms with Crippen LogP contribution >= 0.6 is 0 Å². The molecule has 4 nitrogen and oxygen atoms in total. The average Bonchev–Trinajstić information content (AvgIpc) is 3.56. The first-order chi connectivity index (χ1) is 30.0. The molecule has 288 valence electrons. The zero-order valence-electron chi connectivity index (χ0n) is 33.9. The smallest absolute Gasteiger partial charge is 0.164 e. The molecule has 0 N–H and O–H groups in total. The minimum atomic E-state index is -0.134. The molecule has 1 aliphatic carbocycles. The number of nitrogens with zero attached hydrogens (tertiary/aromatic N) is 4. The largest absolute Gasteiger partial charge is 0.248 e. The van der Waals surface area contributed by atoms with E-state index in [2.05, 4.69) is 159 Å². The number of fused-ring (bicyclic) bond motifs is 4. The molecule has 0 aliphatic heterocycles. The Balaban J connectivity index is 1.02. The van der Waals surface area contributed by atoms with E-state index in [4.69, 9.17) is 19.9 Å². The first-order valence-corrected chi connectivity index (χ1v) is 20.8. The molecular weight excluding hydrogens is 741 g/mol. The first-order valence-electron chi connectivity index (χ1n) is 20.8. The van der Waals surface area contributed by atoms with Gasteiger partial charge in [0.1, 0.15) is 0 Å². The van der Waals surface area contributed by atoms with E-state index >= 15 is 0 Å². The van der Waals surface area contributed by atoms with Crippen molar-refractivity contribution in [3.05, 3.63) is 217 Å². The molecule has 0 atom stereocenters. The summed E-state index contributed by atoms with van der Waals surface area (Å²) in [5.74, 6) is 1.93. The minimum absolute atomic E-state index is 0.134. The van der Waals surface area contributed by atoms with Gasteiger partial charge in [0, 0.05) is 33.1 Å². The molecule has 0 unspecified atom stereocenters. The molecule has 11 rings (SSSR count). The Labute approximate surface area is 356 Å². The van der Waals surface area contributed by atoms with E-state index < -0.39 is 0 Å². The van der Waals surface area contributed by atoms with Crippen molar-refractivity contribution in [2.24, 2.45) is 0 Å².